The first kappa shape index (κ1) is 15.1. The van der Waals surface area contributed by atoms with E-state index in [0.29, 0.717) is 12.4 Å². The van der Waals surface area contributed by atoms with Gasteiger partial charge in [-0.2, -0.15) is 0 Å². The normalized spacial score (nSPS) is 11.1. The molecule has 2 heterocycles. The molecule has 2 aromatic heterocycles. The molecule has 118 valence electrons. The summed E-state index contributed by atoms with van der Waals surface area (Å²) >= 11 is 0. The predicted molar refractivity (Wildman–Crippen MR) is 87.7 cm³/mol. The molecule has 7 nitrogen and oxygen atoms in total. The molecular weight excluding hydrogens is 292 g/mol. The minimum atomic E-state index is -0.133. The maximum Gasteiger partial charge on any atom is 0.239 e. The molecule has 1 aromatic carbocycles. The lowest BCUT2D eigenvalue weighted by Crippen LogP contribution is -2.30. The number of likely N-dealkylation sites (N-methyl/N-ethyl adjacent to an activating group) is 1. The van der Waals surface area contributed by atoms with E-state index in [-0.39, 0.29) is 12.5 Å². The van der Waals surface area contributed by atoms with Gasteiger partial charge in [0.15, 0.2) is 5.82 Å². The Morgan fingerprint density at radius 2 is 2.13 bits per heavy atom. The number of rotatable bonds is 5. The third kappa shape index (κ3) is 3.51. The minimum Gasteiger partial charge on any atom is -0.330 e. The average Bonchev–Trinajstić information content (AvgIpc) is 2.84. The maximum absolute atomic E-state index is 12.0. The van der Waals surface area contributed by atoms with Crippen LogP contribution in [0.4, 0.5) is 5.82 Å². The van der Waals surface area contributed by atoms with E-state index in [9.17, 15) is 4.79 Å². The molecule has 7 heteroatoms. The van der Waals surface area contributed by atoms with Crippen LogP contribution >= 0.6 is 0 Å². The van der Waals surface area contributed by atoms with Crippen LogP contribution in [-0.2, 0) is 18.4 Å². The summed E-state index contributed by atoms with van der Waals surface area (Å²) in [6.45, 7) is 0.832. The molecule has 0 bridgehead atoms. The van der Waals surface area contributed by atoms with E-state index in [2.05, 4.69) is 20.3 Å². The van der Waals surface area contributed by atoms with Crippen LogP contribution in [0.1, 0.15) is 5.82 Å². The highest BCUT2D eigenvalue weighted by atomic mass is 16.2. The van der Waals surface area contributed by atoms with Crippen molar-refractivity contribution >= 4 is 22.8 Å². The minimum absolute atomic E-state index is 0.133. The van der Waals surface area contributed by atoms with Crippen LogP contribution in [0.15, 0.2) is 42.9 Å². The second kappa shape index (κ2) is 6.53. The van der Waals surface area contributed by atoms with Crippen LogP contribution in [0.3, 0.4) is 0 Å². The van der Waals surface area contributed by atoms with E-state index in [1.165, 1.54) is 6.20 Å². The Bertz CT molecular complexity index is 814. The molecule has 1 amide bonds. The first-order valence-corrected chi connectivity index (χ1v) is 7.28. The third-order valence-electron chi connectivity index (χ3n) is 3.54. The van der Waals surface area contributed by atoms with Crippen LogP contribution in [0.25, 0.3) is 11.0 Å². The summed E-state index contributed by atoms with van der Waals surface area (Å²) in [4.78, 5) is 26.5. The predicted octanol–water partition coefficient (Wildman–Crippen LogP) is 1.43. The summed E-state index contributed by atoms with van der Waals surface area (Å²) in [5, 5.41) is 2.72. The number of amides is 1. The first-order chi connectivity index (χ1) is 11.1. The molecule has 0 saturated heterocycles. The van der Waals surface area contributed by atoms with Gasteiger partial charge in [0.05, 0.1) is 30.3 Å². The number of nitrogens with one attached hydrogen (secondary N) is 1. The van der Waals surface area contributed by atoms with Gasteiger partial charge < -0.3 is 9.88 Å². The summed E-state index contributed by atoms with van der Waals surface area (Å²) in [6, 6.07) is 7.98. The number of nitrogens with zero attached hydrogens (tertiary/aromatic N) is 5. The van der Waals surface area contributed by atoms with Crippen molar-refractivity contribution in [1.29, 1.82) is 0 Å². The fraction of sp³-hybridized carbons (Fsp3) is 0.250. The number of fused-ring (bicyclic) bond motifs is 1. The number of imidazole rings is 1. The van der Waals surface area contributed by atoms with Crippen molar-refractivity contribution in [3.05, 3.63) is 48.7 Å². The highest BCUT2D eigenvalue weighted by molar-refractivity contribution is 5.91. The molecule has 23 heavy (non-hydrogen) atoms. The summed E-state index contributed by atoms with van der Waals surface area (Å²) in [7, 11) is 3.87. The summed E-state index contributed by atoms with van der Waals surface area (Å²) < 4.78 is 2.05. The van der Waals surface area contributed by atoms with Gasteiger partial charge in [-0.05, 0) is 19.2 Å². The zero-order valence-corrected chi connectivity index (χ0v) is 13.1. The van der Waals surface area contributed by atoms with Crippen molar-refractivity contribution in [2.75, 3.05) is 18.9 Å². The standard InChI is InChI=1S/C16H18N6O/c1-21(11-16(23)20-14-9-17-7-8-18-14)10-15-19-12-5-3-4-6-13(12)22(15)2/h3-9H,10-11H2,1-2H3,(H,18,20,23). The molecule has 3 rings (SSSR count). The largest absolute Gasteiger partial charge is 0.330 e. The molecular formula is C16H18N6O. The van der Waals surface area contributed by atoms with Gasteiger partial charge in [0.2, 0.25) is 5.91 Å². The number of aryl methyl sites for hydroxylation is 1. The molecule has 0 fully saturated rings. The molecule has 0 atom stereocenters. The van der Waals surface area contributed by atoms with Crippen molar-refractivity contribution in [3.8, 4) is 0 Å². The summed E-state index contributed by atoms with van der Waals surface area (Å²) in [5.41, 5.74) is 2.04. The molecule has 0 radical (unpaired) electrons. The zero-order chi connectivity index (χ0) is 16.2. The topological polar surface area (TPSA) is 75.9 Å². The molecule has 0 aliphatic heterocycles. The molecule has 0 aliphatic rings. The van der Waals surface area contributed by atoms with E-state index < -0.39 is 0 Å². The number of hydrogen-bond acceptors (Lipinski definition) is 5. The summed E-state index contributed by atoms with van der Waals surface area (Å²) in [5.74, 6) is 1.24. The van der Waals surface area contributed by atoms with Crippen molar-refractivity contribution in [2.45, 2.75) is 6.54 Å². The highest BCUT2D eigenvalue weighted by Gasteiger charge is 2.12. The number of benzene rings is 1. The Balaban J connectivity index is 1.63. The fourth-order valence-electron chi connectivity index (χ4n) is 2.43. The van der Waals surface area contributed by atoms with Gasteiger partial charge in [-0.1, -0.05) is 12.1 Å². The number of aromatic nitrogens is 4. The van der Waals surface area contributed by atoms with Gasteiger partial charge in [-0.15, -0.1) is 0 Å². The lowest BCUT2D eigenvalue weighted by Gasteiger charge is -2.15. The Hall–Kier alpha value is -2.80. The monoisotopic (exact) mass is 310 g/mol. The van der Waals surface area contributed by atoms with Crippen LogP contribution in [-0.4, -0.2) is 43.9 Å². The molecule has 1 N–H and O–H groups in total. The number of hydrogen-bond donors (Lipinski definition) is 1. The first-order valence-electron chi connectivity index (χ1n) is 7.28. The van der Waals surface area contributed by atoms with Crippen LogP contribution < -0.4 is 5.32 Å². The van der Waals surface area contributed by atoms with Gasteiger partial charge in [-0.3, -0.25) is 14.7 Å². The average molecular weight is 310 g/mol. The van der Waals surface area contributed by atoms with E-state index >= 15 is 0 Å². The smallest absolute Gasteiger partial charge is 0.239 e. The van der Waals surface area contributed by atoms with E-state index in [0.717, 1.165) is 16.9 Å². The third-order valence-corrected chi connectivity index (χ3v) is 3.54. The Labute approximate surface area is 134 Å². The van der Waals surface area contributed by atoms with Crippen LogP contribution in [0.5, 0.6) is 0 Å². The Kier molecular flexibility index (Phi) is 4.29. The second-order valence-electron chi connectivity index (χ2n) is 5.39. The van der Waals surface area contributed by atoms with Crippen molar-refractivity contribution in [3.63, 3.8) is 0 Å². The van der Waals surface area contributed by atoms with Gasteiger partial charge in [0, 0.05) is 19.4 Å². The number of carbonyl (C=O) groups excluding carboxylic acids is 1. The van der Waals surface area contributed by atoms with Crippen molar-refractivity contribution in [2.24, 2.45) is 7.05 Å². The van der Waals surface area contributed by atoms with Crippen molar-refractivity contribution < 1.29 is 4.79 Å². The fourth-order valence-corrected chi connectivity index (χ4v) is 2.43. The lowest BCUT2D eigenvalue weighted by molar-refractivity contribution is -0.117. The highest BCUT2D eigenvalue weighted by Crippen LogP contribution is 2.15. The van der Waals surface area contributed by atoms with Gasteiger partial charge in [0.25, 0.3) is 0 Å². The van der Waals surface area contributed by atoms with E-state index in [1.54, 1.807) is 12.4 Å². The van der Waals surface area contributed by atoms with Gasteiger partial charge in [-0.25, -0.2) is 9.97 Å². The summed E-state index contributed by atoms with van der Waals surface area (Å²) in [6.07, 6.45) is 4.62. The number of para-hydroxylation sites is 2. The quantitative estimate of drug-likeness (QED) is 0.771. The number of carbonyl (C=O) groups is 1. The van der Waals surface area contributed by atoms with E-state index in [4.69, 9.17) is 0 Å². The molecule has 0 spiro atoms. The van der Waals surface area contributed by atoms with E-state index in [1.807, 2.05) is 47.8 Å². The van der Waals surface area contributed by atoms with Crippen molar-refractivity contribution in [1.82, 2.24) is 24.4 Å². The number of anilines is 1. The molecule has 0 aliphatic carbocycles. The SMILES string of the molecule is CN(CC(=O)Nc1cnccn1)Cc1nc2ccccc2n1C. The zero-order valence-electron chi connectivity index (χ0n) is 13.1. The molecule has 3 aromatic rings. The molecule has 0 saturated carbocycles. The van der Waals surface area contributed by atoms with Crippen LogP contribution in [0.2, 0.25) is 0 Å². The molecule has 0 unspecified atom stereocenters. The van der Waals surface area contributed by atoms with Gasteiger partial charge >= 0.3 is 0 Å². The second-order valence-corrected chi connectivity index (χ2v) is 5.39. The van der Waals surface area contributed by atoms with Crippen LogP contribution in [0, 0.1) is 0 Å². The lowest BCUT2D eigenvalue weighted by atomic mass is 10.3. The Morgan fingerprint density at radius 3 is 2.87 bits per heavy atom. The Morgan fingerprint density at radius 1 is 1.30 bits per heavy atom. The maximum atomic E-state index is 12.0. The van der Waals surface area contributed by atoms with Gasteiger partial charge in [0.1, 0.15) is 5.82 Å².